The molecule has 1 saturated carbocycles. The molecule has 4 aliphatic heterocycles. The molecule has 0 radical (unpaired) electrons. The van der Waals surface area contributed by atoms with Crippen LogP contribution in [0.2, 0.25) is 0 Å². The van der Waals surface area contributed by atoms with E-state index in [4.69, 9.17) is 43.6 Å². The van der Waals surface area contributed by atoms with Crippen LogP contribution in [0.15, 0.2) is 242 Å². The molecule has 0 unspecified atom stereocenters. The first-order valence-corrected chi connectivity index (χ1v) is 46.1. The number of hydrogen-bond donors (Lipinski definition) is 6. The van der Waals surface area contributed by atoms with Gasteiger partial charge in [-0.2, -0.15) is 13.2 Å². The van der Waals surface area contributed by atoms with Crippen LogP contribution in [-0.2, 0) is 34.9 Å². The van der Waals surface area contributed by atoms with Gasteiger partial charge in [-0.15, -0.1) is 0 Å². The van der Waals surface area contributed by atoms with Crippen LogP contribution in [0.25, 0.3) is 110 Å². The van der Waals surface area contributed by atoms with Gasteiger partial charge in [-0.3, -0.25) is 63.7 Å². The van der Waals surface area contributed by atoms with Crippen molar-refractivity contribution in [3.8, 4) is 90.5 Å². The molecule has 0 bridgehead atoms. The van der Waals surface area contributed by atoms with E-state index in [1.165, 1.54) is 19.2 Å². The topological polar surface area (TPSA) is 366 Å². The summed E-state index contributed by atoms with van der Waals surface area (Å²) in [6, 6.07) is 58.8. The molecular weight excluding hydrogens is 1830 g/mol. The molecule has 5 aliphatic rings. The largest absolute Gasteiger partial charge is 0.493 e. The number of halogens is 4. The lowest BCUT2D eigenvalue weighted by Crippen LogP contribution is -2.25. The average Bonchev–Trinajstić information content (AvgIpc) is 1.47. The third-order valence-electron chi connectivity index (χ3n) is 25.1. The molecule has 5 fully saturated rings. The van der Waals surface area contributed by atoms with Gasteiger partial charge >= 0.3 is 6.18 Å². The number of nitrogens with zero attached hydrogens (tertiary/aromatic N) is 8. The molecular formula is C106H102BrF3N14O14. The number of aromatic nitrogens is 8. The van der Waals surface area contributed by atoms with Gasteiger partial charge in [-0.05, 0) is 244 Å². The van der Waals surface area contributed by atoms with Crippen molar-refractivity contribution in [3.63, 3.8) is 0 Å². The average molecular weight is 1930 g/mol. The lowest BCUT2D eigenvalue weighted by atomic mass is 10.00. The first-order valence-electron chi connectivity index (χ1n) is 45.3. The number of nitrogens with one attached hydrogen (secondary N) is 5. The zero-order valence-corrected chi connectivity index (χ0v) is 78.6. The number of nitrogens with two attached hydrogens (primary N) is 1. The molecule has 7 aromatic carbocycles. The molecule has 0 spiro atoms. The standard InChI is InChI=1S/C24H21N3O2.C24H26N2O5.C22H22N4O3.C21H18F3N3O2.C15H15BrN2O2/c1-15(19-13-24(28)27-14-19)29-23-12-18(11-22-20(23)5-3-9-26-22)16-6-7-21-17(10-16)4-2-8-25-21;1-28-20-11-16(12-21(29-2)23(20)30-3)15-9-18-17(5-4-8-26-18)19(10-15)31-14-24(6-7-24)13-22(25)27;1-13(17-10-22(28)25-12-17)29-20-9-16(8-19-18(20)4-3-7-23-19)15-5-6-21(24-11-15)26-14(2)27;1-12(15-9-20(28)27-11-15)29-18-8-14(7-17-16(18)3-2-6-25-17)13-4-5-19(26-10-13)21(22,23)24;1-9(10-5-15(19)18-8-10)20-14-7-11(16)6-13-12(14)3-2-4-17-13/h2-12,15,19H,13-14H2,1H3,(H,27,28);4-5,8-12H,6-7,13-14H2,1-3H3,(H2,25,27);3-9,11,13,17H,10,12H2,1-2H3,(H,25,28)(H,24,26,27);2-8,10,12,15H,9,11H2,1H3,(H,27,28);2-4,6-7,9-10H,5,8H2,1H3,(H,18,19)/t15-,19-;;13-,17-;12-,15-;9-,10-/m1.111/s1. The van der Waals surface area contributed by atoms with Gasteiger partial charge in [-0.25, -0.2) is 4.98 Å². The minimum Gasteiger partial charge on any atom is -0.493 e. The van der Waals surface area contributed by atoms with Gasteiger partial charge in [0.25, 0.3) is 0 Å². The van der Waals surface area contributed by atoms with Crippen LogP contribution < -0.4 is 70.2 Å². The minimum atomic E-state index is -4.49. The fourth-order valence-electron chi connectivity index (χ4n) is 17.1. The first kappa shape index (κ1) is 95.9. The number of primary amides is 1. The predicted molar refractivity (Wildman–Crippen MR) is 524 cm³/mol. The van der Waals surface area contributed by atoms with Gasteiger partial charge in [-0.1, -0.05) is 34.1 Å². The number of amides is 6. The highest BCUT2D eigenvalue weighted by Gasteiger charge is 2.45. The number of fused-ring (bicyclic) bond motifs is 6. The van der Waals surface area contributed by atoms with Gasteiger partial charge in [0, 0.05) is 192 Å². The second kappa shape index (κ2) is 42.8. The summed E-state index contributed by atoms with van der Waals surface area (Å²) in [7, 11) is 4.75. The lowest BCUT2D eigenvalue weighted by molar-refractivity contribution is -0.141. The second-order valence-corrected chi connectivity index (χ2v) is 35.7. The summed E-state index contributed by atoms with van der Waals surface area (Å²) >= 11 is 3.48. The van der Waals surface area contributed by atoms with E-state index in [-0.39, 0.29) is 88.9 Å². The molecule has 20 rings (SSSR count). The van der Waals surface area contributed by atoms with Gasteiger partial charge in [0.05, 0.1) is 61.0 Å². The smallest absolute Gasteiger partial charge is 0.433 e. The molecule has 1 aliphatic carbocycles. The monoisotopic (exact) mass is 1930 g/mol. The summed E-state index contributed by atoms with van der Waals surface area (Å²) in [5.74, 6) is 6.15. The molecule has 138 heavy (non-hydrogen) atoms. The Morgan fingerprint density at radius 1 is 0.420 bits per heavy atom. The van der Waals surface area contributed by atoms with Crippen LogP contribution >= 0.6 is 15.9 Å². The van der Waals surface area contributed by atoms with E-state index in [1.54, 1.807) is 89.0 Å². The number of alkyl halides is 3. The fraction of sp³-hybridized carbons (Fsp3) is 0.283. The lowest BCUT2D eigenvalue weighted by Gasteiger charge is -2.21. The highest BCUT2D eigenvalue weighted by Crippen LogP contribution is 2.50. The number of ether oxygens (including phenoxy) is 8. The highest BCUT2D eigenvalue weighted by atomic mass is 79.9. The molecule has 32 heteroatoms. The summed E-state index contributed by atoms with van der Waals surface area (Å²) in [4.78, 5) is 103. The Hall–Kier alpha value is -15.2. The molecule has 7 N–H and O–H groups in total. The molecule has 8 atom stereocenters. The van der Waals surface area contributed by atoms with Gasteiger partial charge < -0.3 is 70.2 Å². The van der Waals surface area contributed by atoms with Crippen LogP contribution in [0.3, 0.4) is 0 Å². The van der Waals surface area contributed by atoms with Crippen LogP contribution in [0, 0.1) is 29.1 Å². The van der Waals surface area contributed by atoms with E-state index in [0.717, 1.165) is 134 Å². The normalized spacial score (nSPS) is 17.1. The maximum absolute atomic E-state index is 12.8. The zero-order chi connectivity index (χ0) is 96.9. The molecule has 15 aromatic rings. The Kier molecular flexibility index (Phi) is 29.7. The third kappa shape index (κ3) is 23.5. The van der Waals surface area contributed by atoms with Gasteiger partial charge in [0.15, 0.2) is 11.5 Å². The maximum atomic E-state index is 12.8. The number of methoxy groups -OCH3 is 3. The van der Waals surface area contributed by atoms with E-state index in [9.17, 15) is 41.9 Å². The Labute approximate surface area is 801 Å². The Morgan fingerprint density at radius 3 is 1.14 bits per heavy atom. The van der Waals surface area contributed by atoms with Crippen molar-refractivity contribution in [2.24, 2.45) is 34.8 Å². The summed E-state index contributed by atoms with van der Waals surface area (Å²) < 4.78 is 86.9. The number of carbonyl (C=O) groups excluding carboxylic acids is 6. The number of rotatable bonds is 25. The van der Waals surface area contributed by atoms with E-state index in [2.05, 4.69) is 113 Å². The van der Waals surface area contributed by atoms with E-state index < -0.39 is 11.9 Å². The van der Waals surface area contributed by atoms with Crippen LogP contribution in [0.4, 0.5) is 19.0 Å². The van der Waals surface area contributed by atoms with E-state index in [0.29, 0.717) is 116 Å². The molecule has 6 amide bonds. The summed E-state index contributed by atoms with van der Waals surface area (Å²) in [5.41, 5.74) is 16.3. The molecule has 4 saturated heterocycles. The van der Waals surface area contributed by atoms with E-state index >= 15 is 0 Å². The van der Waals surface area contributed by atoms with E-state index in [1.807, 2.05) is 149 Å². The zero-order valence-electron chi connectivity index (χ0n) is 77.0. The summed E-state index contributed by atoms with van der Waals surface area (Å²) in [5, 5.41) is 19.7. The summed E-state index contributed by atoms with van der Waals surface area (Å²) in [6.07, 6.45) is 12.6. The Balaban J connectivity index is 0.000000125. The predicted octanol–water partition coefficient (Wildman–Crippen LogP) is 18.6. The van der Waals surface area contributed by atoms with Gasteiger partial charge in [0.1, 0.15) is 64.7 Å². The second-order valence-electron chi connectivity index (χ2n) is 34.8. The van der Waals surface area contributed by atoms with Crippen LogP contribution in [0.1, 0.15) is 85.3 Å². The molecule has 8 aromatic heterocycles. The quantitative estimate of drug-likeness (QED) is 0.0309. The SMILES string of the molecule is CC(=O)Nc1ccc(-c2cc(O[C@H](C)[C@H]3CNC(=O)C3)c3cccnc3c2)cn1.COc1cc(-c2cc(OCC3(CC(N)=O)CC3)c3cccnc3c2)cc(OC)c1OC.C[C@@H](Oc1cc(-c2ccc(C(F)(F)F)nc2)cc2ncccc12)[C@H]1CNC(=O)C1.C[C@@H](Oc1cc(-c2ccc3ncccc3c2)cc2ncccc12)[C@H]1CNC(=O)C1.C[C@@H](Oc1cc(Br)cc2ncccc12)[C@H]1CNC(=O)C1. The Morgan fingerprint density at radius 2 is 0.775 bits per heavy atom. The maximum Gasteiger partial charge on any atom is 0.433 e. The molecule has 28 nitrogen and oxygen atoms in total. The van der Waals surface area contributed by atoms with Gasteiger partial charge in [0.2, 0.25) is 41.2 Å². The van der Waals surface area contributed by atoms with Crippen molar-refractivity contribution in [2.45, 2.75) is 110 Å². The van der Waals surface area contributed by atoms with Crippen LogP contribution in [-0.4, -0.2) is 154 Å². The molecule has 12 heterocycles. The number of benzene rings is 7. The van der Waals surface area contributed by atoms with Crippen molar-refractivity contribution >= 4 is 123 Å². The highest BCUT2D eigenvalue weighted by molar-refractivity contribution is 9.10. The fourth-order valence-corrected chi connectivity index (χ4v) is 17.5. The number of hydrogen-bond acceptors (Lipinski definition) is 22. The van der Waals surface area contributed by atoms with Crippen molar-refractivity contribution in [1.82, 2.24) is 61.1 Å². The van der Waals surface area contributed by atoms with Crippen molar-refractivity contribution in [3.05, 3.63) is 248 Å². The summed E-state index contributed by atoms with van der Waals surface area (Å²) in [6.45, 7) is 12.3. The number of pyridine rings is 8. The molecule has 708 valence electrons. The number of carbonyl (C=O) groups is 6. The third-order valence-corrected chi connectivity index (χ3v) is 25.5. The van der Waals surface area contributed by atoms with Crippen LogP contribution in [0.5, 0.6) is 46.0 Å². The van der Waals surface area contributed by atoms with Crippen molar-refractivity contribution in [1.29, 1.82) is 0 Å². The van der Waals surface area contributed by atoms with Crippen molar-refractivity contribution in [2.75, 3.05) is 59.4 Å². The minimum absolute atomic E-state index is 0.00144. The number of anilines is 1. The van der Waals surface area contributed by atoms with Crippen molar-refractivity contribution < 1.29 is 79.8 Å². The first-order chi connectivity index (χ1) is 66.6. The Bertz CT molecular complexity index is 7020.